The summed E-state index contributed by atoms with van der Waals surface area (Å²) < 4.78 is 16.8. The zero-order valence-corrected chi connectivity index (χ0v) is 40.9. The van der Waals surface area contributed by atoms with E-state index >= 15 is 0 Å². The van der Waals surface area contributed by atoms with E-state index in [1.807, 2.05) is 0 Å². The summed E-state index contributed by atoms with van der Waals surface area (Å²) in [6, 6.07) is 0. The van der Waals surface area contributed by atoms with Gasteiger partial charge in [0.2, 0.25) is 0 Å². The number of hydrogen-bond acceptors (Lipinski definition) is 6. The number of unbranched alkanes of at least 4 members (excludes halogenated alkanes) is 36. The third-order valence-electron chi connectivity index (χ3n) is 12.3. The maximum absolute atomic E-state index is 12.8. The summed E-state index contributed by atoms with van der Waals surface area (Å²) in [7, 11) is 0. The quantitative estimate of drug-likeness (QED) is 0.0345. The zero-order valence-electron chi connectivity index (χ0n) is 40.9. The van der Waals surface area contributed by atoms with Crippen LogP contribution >= 0.6 is 0 Å². The second-order valence-corrected chi connectivity index (χ2v) is 19.0. The van der Waals surface area contributed by atoms with E-state index in [1.54, 1.807) is 0 Å². The van der Waals surface area contributed by atoms with Gasteiger partial charge < -0.3 is 14.2 Å². The Hall–Kier alpha value is -1.59. The van der Waals surface area contributed by atoms with Crippen LogP contribution in [0.4, 0.5) is 0 Å². The molecule has 0 aliphatic carbocycles. The molecule has 0 radical (unpaired) electrons. The normalized spacial score (nSPS) is 11.9. The van der Waals surface area contributed by atoms with Crippen LogP contribution in [0.25, 0.3) is 0 Å². The van der Waals surface area contributed by atoms with E-state index in [-0.39, 0.29) is 31.1 Å². The van der Waals surface area contributed by atoms with Crippen LogP contribution < -0.4 is 0 Å². The number of ether oxygens (including phenoxy) is 3. The summed E-state index contributed by atoms with van der Waals surface area (Å²) in [5.41, 5.74) is 0. The van der Waals surface area contributed by atoms with Gasteiger partial charge in [-0.3, -0.25) is 14.4 Å². The maximum atomic E-state index is 12.8. The topological polar surface area (TPSA) is 78.9 Å². The minimum absolute atomic E-state index is 0.0631. The van der Waals surface area contributed by atoms with Crippen LogP contribution in [0.3, 0.4) is 0 Å². The summed E-state index contributed by atoms with van der Waals surface area (Å²) in [4.78, 5) is 37.8. The van der Waals surface area contributed by atoms with E-state index in [2.05, 4.69) is 27.7 Å². The van der Waals surface area contributed by atoms with E-state index in [9.17, 15) is 14.4 Å². The molecule has 0 rings (SSSR count). The molecule has 60 heavy (non-hydrogen) atoms. The fraction of sp³-hybridized carbons (Fsp3) is 0.944. The van der Waals surface area contributed by atoms with Crippen molar-refractivity contribution in [2.24, 2.45) is 5.92 Å². The van der Waals surface area contributed by atoms with E-state index in [0.29, 0.717) is 19.3 Å². The molecule has 6 heteroatoms. The van der Waals surface area contributed by atoms with Gasteiger partial charge in [0.1, 0.15) is 13.2 Å². The van der Waals surface area contributed by atoms with Crippen molar-refractivity contribution >= 4 is 17.9 Å². The van der Waals surface area contributed by atoms with Crippen molar-refractivity contribution < 1.29 is 28.6 Å². The smallest absolute Gasteiger partial charge is 0.306 e. The lowest BCUT2D eigenvalue weighted by Gasteiger charge is -2.18. The number of esters is 3. The van der Waals surface area contributed by atoms with E-state index in [4.69, 9.17) is 14.2 Å². The average Bonchev–Trinajstić information content (AvgIpc) is 3.23. The van der Waals surface area contributed by atoms with E-state index < -0.39 is 6.10 Å². The molecule has 0 heterocycles. The molecule has 356 valence electrons. The summed E-state index contributed by atoms with van der Waals surface area (Å²) >= 11 is 0. The Morgan fingerprint density at radius 1 is 0.317 bits per heavy atom. The highest BCUT2D eigenvalue weighted by Crippen LogP contribution is 2.17. The van der Waals surface area contributed by atoms with Crippen LogP contribution in [0.2, 0.25) is 0 Å². The van der Waals surface area contributed by atoms with E-state index in [1.165, 1.54) is 199 Å². The number of carbonyl (C=O) groups is 3. The molecule has 0 aliphatic heterocycles. The molecule has 0 aromatic heterocycles. The van der Waals surface area contributed by atoms with Crippen molar-refractivity contribution in [2.75, 3.05) is 13.2 Å². The van der Waals surface area contributed by atoms with Gasteiger partial charge in [-0.05, 0) is 25.2 Å². The van der Waals surface area contributed by atoms with Crippen molar-refractivity contribution in [2.45, 2.75) is 310 Å². The molecule has 0 bridgehead atoms. The van der Waals surface area contributed by atoms with Crippen molar-refractivity contribution in [3.05, 3.63) is 0 Å². The van der Waals surface area contributed by atoms with Crippen LogP contribution in [-0.2, 0) is 28.6 Å². The molecular formula is C54H104O6. The standard InChI is InChI=1S/C54H104O6/c1-5-7-9-11-13-14-15-16-17-18-19-20-21-24-28-31-35-39-43-47-54(57)60-51(48-58-52(55)45-41-37-32-12-10-8-6-2)49-59-53(56)46-42-38-34-30-27-25-22-23-26-29-33-36-40-44-50(3)4/h50-51H,5-49H2,1-4H3/t51-/m1/s1. The van der Waals surface area contributed by atoms with Gasteiger partial charge >= 0.3 is 17.9 Å². The first-order valence-electron chi connectivity index (χ1n) is 26.9. The number of carbonyl (C=O) groups excluding carboxylic acids is 3. The predicted octanol–water partition coefficient (Wildman–Crippen LogP) is 17.5. The summed E-state index contributed by atoms with van der Waals surface area (Å²) in [6.45, 7) is 9.00. The van der Waals surface area contributed by atoms with Crippen LogP contribution in [0.1, 0.15) is 304 Å². The molecule has 0 N–H and O–H groups in total. The van der Waals surface area contributed by atoms with Crippen molar-refractivity contribution in [3.63, 3.8) is 0 Å². The highest BCUT2D eigenvalue weighted by Gasteiger charge is 2.19. The molecule has 1 atom stereocenters. The van der Waals surface area contributed by atoms with Crippen molar-refractivity contribution in [3.8, 4) is 0 Å². The summed E-state index contributed by atoms with van der Waals surface area (Å²) in [5, 5.41) is 0. The first kappa shape index (κ1) is 58.4. The molecule has 0 aromatic rings. The third kappa shape index (κ3) is 47.5. The van der Waals surface area contributed by atoms with Gasteiger partial charge in [0.25, 0.3) is 0 Å². The Balaban J connectivity index is 4.17. The van der Waals surface area contributed by atoms with Gasteiger partial charge in [0, 0.05) is 19.3 Å². The Kier molecular flexibility index (Phi) is 47.2. The molecule has 6 nitrogen and oxygen atoms in total. The maximum Gasteiger partial charge on any atom is 0.306 e. The molecule has 0 saturated heterocycles. The Morgan fingerprint density at radius 3 is 0.817 bits per heavy atom. The fourth-order valence-electron chi connectivity index (χ4n) is 8.22. The molecule has 0 unspecified atom stereocenters. The SMILES string of the molecule is CCCCCCCCCCCCCCCCCCCCCC(=O)O[C@H](COC(=O)CCCCCCCCC)COC(=O)CCCCCCCCCCCCCCCC(C)C. The highest BCUT2D eigenvalue weighted by molar-refractivity contribution is 5.71. The number of hydrogen-bond donors (Lipinski definition) is 0. The van der Waals surface area contributed by atoms with Gasteiger partial charge in [0.05, 0.1) is 0 Å². The fourth-order valence-corrected chi connectivity index (χ4v) is 8.22. The lowest BCUT2D eigenvalue weighted by atomic mass is 10.0. The third-order valence-corrected chi connectivity index (χ3v) is 12.3. The first-order valence-corrected chi connectivity index (χ1v) is 26.9. The molecule has 0 aromatic carbocycles. The van der Waals surface area contributed by atoms with Gasteiger partial charge in [-0.2, -0.15) is 0 Å². The predicted molar refractivity (Wildman–Crippen MR) is 257 cm³/mol. The second-order valence-electron chi connectivity index (χ2n) is 19.0. The summed E-state index contributed by atoms with van der Waals surface area (Å²) in [6.07, 6.45) is 51.1. The molecule has 0 amide bonds. The minimum atomic E-state index is -0.760. The Labute approximate surface area is 374 Å². The summed E-state index contributed by atoms with van der Waals surface area (Å²) in [5.74, 6) is -0.00930. The molecule has 0 saturated carbocycles. The zero-order chi connectivity index (χ0) is 43.8. The van der Waals surface area contributed by atoms with Crippen LogP contribution in [0, 0.1) is 5.92 Å². The highest BCUT2D eigenvalue weighted by atomic mass is 16.6. The lowest BCUT2D eigenvalue weighted by Crippen LogP contribution is -2.30. The lowest BCUT2D eigenvalue weighted by molar-refractivity contribution is -0.167. The van der Waals surface area contributed by atoms with Crippen LogP contribution in [0.15, 0.2) is 0 Å². The van der Waals surface area contributed by atoms with Crippen molar-refractivity contribution in [1.82, 2.24) is 0 Å². The van der Waals surface area contributed by atoms with Crippen molar-refractivity contribution in [1.29, 1.82) is 0 Å². The molecule has 0 aliphatic rings. The van der Waals surface area contributed by atoms with Gasteiger partial charge in [-0.25, -0.2) is 0 Å². The minimum Gasteiger partial charge on any atom is -0.462 e. The van der Waals surface area contributed by atoms with Gasteiger partial charge in [-0.15, -0.1) is 0 Å². The molecular weight excluding hydrogens is 745 g/mol. The second kappa shape index (κ2) is 48.4. The molecule has 0 fully saturated rings. The van der Waals surface area contributed by atoms with Gasteiger partial charge in [0.15, 0.2) is 6.10 Å². The Morgan fingerprint density at radius 2 is 0.550 bits per heavy atom. The monoisotopic (exact) mass is 849 g/mol. The van der Waals surface area contributed by atoms with Crippen LogP contribution in [0.5, 0.6) is 0 Å². The first-order chi connectivity index (χ1) is 29.4. The van der Waals surface area contributed by atoms with Gasteiger partial charge in [-0.1, -0.05) is 265 Å². The Bertz CT molecular complexity index is 903. The number of rotatable bonds is 49. The van der Waals surface area contributed by atoms with E-state index in [0.717, 1.165) is 63.7 Å². The average molecular weight is 849 g/mol. The van der Waals surface area contributed by atoms with Crippen LogP contribution in [-0.4, -0.2) is 37.2 Å². The largest absolute Gasteiger partial charge is 0.462 e. The molecule has 0 spiro atoms.